The summed E-state index contributed by atoms with van der Waals surface area (Å²) in [6.45, 7) is 3.77. The summed E-state index contributed by atoms with van der Waals surface area (Å²) in [5, 5.41) is 74.7. The van der Waals surface area contributed by atoms with Crippen molar-refractivity contribution in [1.29, 1.82) is 0 Å². The smallest absolute Gasteiger partial charge is 0.393 e. The van der Waals surface area contributed by atoms with E-state index >= 15 is 0 Å². The number of carbonyl (C=O) groups excluding carboxylic acids is 1. The molecule has 1 saturated carbocycles. The van der Waals surface area contributed by atoms with Crippen LogP contribution in [0.2, 0.25) is 0 Å². The van der Waals surface area contributed by atoms with Crippen molar-refractivity contribution in [2.75, 3.05) is 6.61 Å². The first-order valence-corrected chi connectivity index (χ1v) is 28.4. The fourth-order valence-electron chi connectivity index (χ4n) is 8.65. The molecule has 9 N–H and O–H groups in total. The van der Waals surface area contributed by atoms with E-state index in [1.807, 2.05) is 0 Å². The molecule has 0 aromatic carbocycles. The molecule has 0 aliphatic heterocycles. The summed E-state index contributed by atoms with van der Waals surface area (Å²) >= 11 is 0. The van der Waals surface area contributed by atoms with Crippen LogP contribution in [0, 0.1) is 0 Å². The molecular formula is C52H100NO12P. The number of hydrogen-bond acceptors (Lipinski definition) is 11. The molecule has 66 heavy (non-hydrogen) atoms. The minimum Gasteiger partial charge on any atom is -0.393 e. The topological polar surface area (TPSA) is 226 Å². The lowest BCUT2D eigenvalue weighted by Gasteiger charge is -2.41. The van der Waals surface area contributed by atoms with Crippen LogP contribution < -0.4 is 5.32 Å². The van der Waals surface area contributed by atoms with Crippen molar-refractivity contribution in [3.8, 4) is 0 Å². The fraction of sp³-hybridized carbons (Fsp3) is 0.904. The predicted molar refractivity (Wildman–Crippen MR) is 266 cm³/mol. The van der Waals surface area contributed by atoms with Crippen molar-refractivity contribution in [3.05, 3.63) is 24.3 Å². The van der Waals surface area contributed by atoms with Crippen LogP contribution in [0.3, 0.4) is 0 Å². The Labute approximate surface area is 401 Å². The van der Waals surface area contributed by atoms with Crippen molar-refractivity contribution in [2.45, 2.75) is 293 Å². The van der Waals surface area contributed by atoms with Gasteiger partial charge in [0.25, 0.3) is 0 Å². The molecule has 0 heterocycles. The number of aliphatic hydroxyl groups excluding tert-OH is 7. The van der Waals surface area contributed by atoms with Crippen LogP contribution in [-0.4, -0.2) is 108 Å². The predicted octanol–water partition coefficient (Wildman–Crippen LogP) is 10.3. The van der Waals surface area contributed by atoms with Crippen molar-refractivity contribution in [2.24, 2.45) is 0 Å². The third-order valence-electron chi connectivity index (χ3n) is 13.0. The van der Waals surface area contributed by atoms with Crippen LogP contribution >= 0.6 is 7.82 Å². The molecule has 0 radical (unpaired) electrons. The maximum Gasteiger partial charge on any atom is 0.472 e. The number of amides is 1. The van der Waals surface area contributed by atoms with Gasteiger partial charge in [0.15, 0.2) is 0 Å². The van der Waals surface area contributed by atoms with Crippen LogP contribution in [0.4, 0.5) is 0 Å². The zero-order chi connectivity index (χ0) is 48.7. The molecule has 8 atom stereocenters. The van der Waals surface area contributed by atoms with Gasteiger partial charge in [-0.05, 0) is 44.9 Å². The van der Waals surface area contributed by atoms with Gasteiger partial charge in [-0.15, -0.1) is 0 Å². The highest BCUT2D eigenvalue weighted by Gasteiger charge is 2.51. The summed E-state index contributed by atoms with van der Waals surface area (Å²) in [4.78, 5) is 23.5. The van der Waals surface area contributed by atoms with Gasteiger partial charge in [-0.25, -0.2) is 4.57 Å². The highest BCUT2D eigenvalue weighted by molar-refractivity contribution is 7.47. The van der Waals surface area contributed by atoms with Crippen molar-refractivity contribution in [3.63, 3.8) is 0 Å². The Bertz CT molecular complexity index is 1230. The number of carbonyl (C=O) groups is 1. The summed E-state index contributed by atoms with van der Waals surface area (Å²) in [6.07, 6.45) is 34.0. The Morgan fingerprint density at radius 1 is 0.530 bits per heavy atom. The van der Waals surface area contributed by atoms with Gasteiger partial charge in [0.05, 0.1) is 31.3 Å². The van der Waals surface area contributed by atoms with E-state index in [1.165, 1.54) is 147 Å². The highest BCUT2D eigenvalue weighted by atomic mass is 31.2. The van der Waals surface area contributed by atoms with E-state index in [0.717, 1.165) is 64.2 Å². The molecule has 1 fully saturated rings. The summed E-state index contributed by atoms with van der Waals surface area (Å²) in [5.41, 5.74) is 0. The Morgan fingerprint density at radius 3 is 1.29 bits per heavy atom. The molecule has 0 aromatic heterocycles. The molecule has 1 aliphatic rings. The number of aliphatic hydroxyl groups is 7. The van der Waals surface area contributed by atoms with E-state index in [2.05, 4.69) is 31.3 Å². The van der Waals surface area contributed by atoms with Crippen LogP contribution in [-0.2, 0) is 18.4 Å². The number of phosphoric acid groups is 1. The molecule has 14 heteroatoms. The SMILES string of the molecule is CCCCCCCCCCCCC/C=C\CCCCCCCC(O)CC(=O)NC(COP(=O)(O)OC1C(O)C(O)C(O)C(O)C1O)C(O)/C=C/CCCCCCCCCCCCCCCC. The minimum atomic E-state index is -5.15. The van der Waals surface area contributed by atoms with Gasteiger partial charge in [0.1, 0.15) is 36.6 Å². The normalized spacial score (nSPS) is 22.5. The monoisotopic (exact) mass is 962 g/mol. The van der Waals surface area contributed by atoms with Crippen LogP contribution in [0.1, 0.15) is 239 Å². The summed E-state index contributed by atoms with van der Waals surface area (Å²) in [7, 11) is -5.15. The van der Waals surface area contributed by atoms with E-state index in [9.17, 15) is 50.0 Å². The van der Waals surface area contributed by atoms with Crippen molar-refractivity contribution in [1.82, 2.24) is 5.32 Å². The van der Waals surface area contributed by atoms with Gasteiger partial charge < -0.3 is 46.0 Å². The lowest BCUT2D eigenvalue weighted by molar-refractivity contribution is -0.220. The molecule has 0 spiro atoms. The molecule has 1 amide bonds. The van der Waals surface area contributed by atoms with Crippen molar-refractivity contribution < 1.29 is 59.0 Å². The Morgan fingerprint density at radius 2 is 0.879 bits per heavy atom. The quantitative estimate of drug-likeness (QED) is 0.0158. The van der Waals surface area contributed by atoms with Gasteiger partial charge >= 0.3 is 7.82 Å². The number of nitrogens with one attached hydrogen (secondary N) is 1. The third-order valence-corrected chi connectivity index (χ3v) is 14.0. The lowest BCUT2D eigenvalue weighted by atomic mass is 9.85. The second-order valence-corrected chi connectivity index (χ2v) is 20.7. The molecule has 8 unspecified atom stereocenters. The first-order valence-electron chi connectivity index (χ1n) is 26.9. The zero-order valence-corrected chi connectivity index (χ0v) is 42.5. The number of allylic oxidation sites excluding steroid dienone is 3. The minimum absolute atomic E-state index is 0.248. The molecule has 0 saturated heterocycles. The molecule has 0 bridgehead atoms. The zero-order valence-electron chi connectivity index (χ0n) is 41.6. The lowest BCUT2D eigenvalue weighted by Crippen LogP contribution is -2.64. The maximum absolute atomic E-state index is 13.1. The Balaban J connectivity index is 2.46. The molecule has 1 rings (SSSR count). The van der Waals surface area contributed by atoms with Crippen LogP contribution in [0.5, 0.6) is 0 Å². The van der Waals surface area contributed by atoms with E-state index in [4.69, 9.17) is 9.05 Å². The summed E-state index contributed by atoms with van der Waals surface area (Å²) in [6, 6.07) is -1.24. The van der Waals surface area contributed by atoms with Gasteiger partial charge in [0, 0.05) is 0 Å². The average molecular weight is 962 g/mol. The average Bonchev–Trinajstić information content (AvgIpc) is 3.29. The van der Waals surface area contributed by atoms with E-state index in [-0.39, 0.29) is 6.42 Å². The van der Waals surface area contributed by atoms with Crippen molar-refractivity contribution >= 4 is 13.7 Å². The highest BCUT2D eigenvalue weighted by Crippen LogP contribution is 2.47. The Hall–Kier alpha value is -1.22. The number of phosphoric ester groups is 1. The second-order valence-electron chi connectivity index (χ2n) is 19.3. The number of unbranched alkanes of at least 4 members (excludes halogenated alkanes) is 30. The van der Waals surface area contributed by atoms with Gasteiger partial charge in [0.2, 0.25) is 5.91 Å². The van der Waals surface area contributed by atoms with Crippen LogP contribution in [0.15, 0.2) is 24.3 Å². The van der Waals surface area contributed by atoms with E-state index < -0.39 is 75.2 Å². The third kappa shape index (κ3) is 32.6. The van der Waals surface area contributed by atoms with E-state index in [1.54, 1.807) is 6.08 Å². The summed E-state index contributed by atoms with van der Waals surface area (Å²) < 4.78 is 22.9. The summed E-state index contributed by atoms with van der Waals surface area (Å²) in [5.74, 6) is -0.595. The first-order chi connectivity index (χ1) is 31.8. The standard InChI is InChI=1S/C52H100NO12P/c1-3-5-7-9-11-13-15-17-19-21-22-23-24-25-27-29-31-33-35-37-39-43(54)41-46(56)53-44(42-64-66(62,63)65-52-50(60)48(58)47(57)49(59)51(52)61)45(55)40-38-36-34-32-30-28-26-20-18-16-14-12-10-8-6-4-2/h24-25,38,40,43-45,47-52,54-55,57-61H,3-23,26-37,39,41-42H2,1-2H3,(H,53,56)(H,62,63)/b25-24-,40-38+. The Kier molecular flexibility index (Phi) is 39.5. The van der Waals surface area contributed by atoms with Gasteiger partial charge in [-0.3, -0.25) is 13.8 Å². The largest absolute Gasteiger partial charge is 0.472 e. The molecular weight excluding hydrogens is 862 g/mol. The van der Waals surface area contributed by atoms with Gasteiger partial charge in [-0.2, -0.15) is 0 Å². The molecule has 13 nitrogen and oxygen atoms in total. The number of rotatable bonds is 45. The van der Waals surface area contributed by atoms with E-state index in [0.29, 0.717) is 12.8 Å². The molecule has 0 aromatic rings. The number of hydrogen-bond donors (Lipinski definition) is 9. The second kappa shape index (κ2) is 41.6. The first kappa shape index (κ1) is 62.8. The maximum atomic E-state index is 13.1. The van der Waals surface area contributed by atoms with Gasteiger partial charge in [-0.1, -0.05) is 212 Å². The van der Waals surface area contributed by atoms with Crippen LogP contribution in [0.25, 0.3) is 0 Å². The molecule has 1 aliphatic carbocycles. The molecule has 390 valence electrons. The fourth-order valence-corrected chi connectivity index (χ4v) is 9.62.